The van der Waals surface area contributed by atoms with Gasteiger partial charge in [0, 0.05) is 19.3 Å². The Labute approximate surface area is 103 Å². The number of aromatic nitrogens is 1. The molecule has 17 heavy (non-hydrogen) atoms. The van der Waals surface area contributed by atoms with Crippen molar-refractivity contribution in [1.29, 1.82) is 0 Å². The summed E-state index contributed by atoms with van der Waals surface area (Å²) >= 11 is 0. The molecule has 1 aromatic carbocycles. The Morgan fingerprint density at radius 1 is 1.00 bits per heavy atom. The molecule has 0 aliphatic heterocycles. The molecule has 0 radical (unpaired) electrons. The third kappa shape index (κ3) is 2.84. The molecule has 88 valence electrons. The highest BCUT2D eigenvalue weighted by molar-refractivity contribution is 5.41. The van der Waals surface area contributed by atoms with Crippen LogP contribution in [0.25, 0.3) is 0 Å². The van der Waals surface area contributed by atoms with E-state index in [-0.39, 0.29) is 0 Å². The summed E-state index contributed by atoms with van der Waals surface area (Å²) in [4.78, 5) is 6.76. The number of aryl methyl sites for hydroxylation is 2. The largest absolute Gasteiger partial charge is 0.355 e. The molecule has 0 fully saturated rings. The lowest BCUT2D eigenvalue weighted by molar-refractivity contribution is 0.890. The minimum atomic E-state index is 0.885. The van der Waals surface area contributed by atoms with Gasteiger partial charge in [0.15, 0.2) is 0 Å². The van der Waals surface area contributed by atoms with Crippen molar-refractivity contribution >= 4 is 5.82 Å². The Bertz CT molecular complexity index is 492. The third-order valence-corrected chi connectivity index (χ3v) is 2.99. The zero-order valence-corrected chi connectivity index (χ0v) is 10.6. The van der Waals surface area contributed by atoms with Gasteiger partial charge in [0.2, 0.25) is 0 Å². The average Bonchev–Trinajstić information content (AvgIpc) is 2.34. The first-order chi connectivity index (χ1) is 8.16. The van der Waals surface area contributed by atoms with Crippen molar-refractivity contribution in [3.8, 4) is 0 Å². The maximum absolute atomic E-state index is 4.59. The number of rotatable bonds is 3. The molecule has 0 atom stereocenters. The molecule has 2 heteroatoms. The number of hydrogen-bond acceptors (Lipinski definition) is 2. The minimum Gasteiger partial charge on any atom is -0.355 e. The maximum Gasteiger partial charge on any atom is 0.128 e. The summed E-state index contributed by atoms with van der Waals surface area (Å²) in [6.07, 6.45) is 0. The predicted octanol–water partition coefficient (Wildman–Crippen LogP) is 3.33. The van der Waals surface area contributed by atoms with Crippen LogP contribution in [0.2, 0.25) is 0 Å². The van der Waals surface area contributed by atoms with Crippen molar-refractivity contribution in [1.82, 2.24) is 4.98 Å². The van der Waals surface area contributed by atoms with E-state index in [0.29, 0.717) is 0 Å². The SMILES string of the molecule is Cc1ccc(N(C)Cc2ccccc2)nc1C. The molecule has 0 unspecified atom stereocenters. The normalized spacial score (nSPS) is 10.3. The molecule has 2 rings (SSSR count). The van der Waals surface area contributed by atoms with Gasteiger partial charge in [-0.15, -0.1) is 0 Å². The van der Waals surface area contributed by atoms with Gasteiger partial charge in [0.05, 0.1) is 0 Å². The van der Waals surface area contributed by atoms with Crippen LogP contribution in [0.4, 0.5) is 5.82 Å². The smallest absolute Gasteiger partial charge is 0.128 e. The van der Waals surface area contributed by atoms with Crippen LogP contribution in [0.3, 0.4) is 0 Å². The zero-order valence-electron chi connectivity index (χ0n) is 10.6. The van der Waals surface area contributed by atoms with E-state index < -0.39 is 0 Å². The Morgan fingerprint density at radius 3 is 2.35 bits per heavy atom. The van der Waals surface area contributed by atoms with E-state index in [9.17, 15) is 0 Å². The molecular formula is C15H18N2. The van der Waals surface area contributed by atoms with E-state index in [1.807, 2.05) is 6.07 Å². The van der Waals surface area contributed by atoms with Crippen LogP contribution in [0, 0.1) is 13.8 Å². The summed E-state index contributed by atoms with van der Waals surface area (Å²) in [7, 11) is 2.07. The second-order valence-corrected chi connectivity index (χ2v) is 4.41. The molecule has 0 amide bonds. The number of pyridine rings is 1. The zero-order chi connectivity index (χ0) is 12.3. The van der Waals surface area contributed by atoms with Crippen molar-refractivity contribution in [2.24, 2.45) is 0 Å². The highest BCUT2D eigenvalue weighted by Crippen LogP contribution is 2.15. The quantitative estimate of drug-likeness (QED) is 0.798. The Morgan fingerprint density at radius 2 is 1.71 bits per heavy atom. The molecule has 0 aliphatic carbocycles. The molecule has 0 spiro atoms. The van der Waals surface area contributed by atoms with Gasteiger partial charge in [-0.05, 0) is 31.0 Å². The van der Waals surface area contributed by atoms with Crippen LogP contribution >= 0.6 is 0 Å². The fourth-order valence-electron chi connectivity index (χ4n) is 1.77. The molecular weight excluding hydrogens is 208 g/mol. The molecule has 2 aromatic rings. The summed E-state index contributed by atoms with van der Waals surface area (Å²) in [6.45, 7) is 5.02. The first kappa shape index (κ1) is 11.6. The van der Waals surface area contributed by atoms with Crippen LogP contribution < -0.4 is 4.90 Å². The van der Waals surface area contributed by atoms with Gasteiger partial charge in [-0.2, -0.15) is 0 Å². The van der Waals surface area contributed by atoms with E-state index in [1.165, 1.54) is 11.1 Å². The topological polar surface area (TPSA) is 16.1 Å². The van der Waals surface area contributed by atoms with Crippen LogP contribution in [-0.2, 0) is 6.54 Å². The Balaban J connectivity index is 2.14. The minimum absolute atomic E-state index is 0.885. The number of nitrogens with zero attached hydrogens (tertiary/aromatic N) is 2. The summed E-state index contributed by atoms with van der Waals surface area (Å²) in [5.41, 5.74) is 3.64. The van der Waals surface area contributed by atoms with Gasteiger partial charge in [-0.3, -0.25) is 0 Å². The standard InChI is InChI=1S/C15H18N2/c1-12-9-10-15(16-13(12)2)17(3)11-14-7-5-4-6-8-14/h4-10H,11H2,1-3H3. The maximum atomic E-state index is 4.59. The first-order valence-corrected chi connectivity index (χ1v) is 5.86. The van der Waals surface area contributed by atoms with Gasteiger partial charge in [-0.25, -0.2) is 4.98 Å². The highest BCUT2D eigenvalue weighted by Gasteiger charge is 2.04. The molecule has 0 N–H and O–H groups in total. The molecule has 1 aromatic heterocycles. The summed E-state index contributed by atoms with van der Waals surface area (Å²) in [5.74, 6) is 1.02. The molecule has 0 saturated carbocycles. The van der Waals surface area contributed by atoms with Crippen molar-refractivity contribution < 1.29 is 0 Å². The molecule has 0 aliphatic rings. The fourth-order valence-corrected chi connectivity index (χ4v) is 1.77. The third-order valence-electron chi connectivity index (χ3n) is 2.99. The number of benzene rings is 1. The van der Waals surface area contributed by atoms with E-state index in [4.69, 9.17) is 0 Å². The van der Waals surface area contributed by atoms with Crippen LogP contribution in [0.15, 0.2) is 42.5 Å². The second kappa shape index (κ2) is 5.00. The molecule has 0 saturated heterocycles. The van der Waals surface area contributed by atoms with Crippen molar-refractivity contribution in [2.75, 3.05) is 11.9 Å². The molecule has 2 nitrogen and oxygen atoms in total. The molecule has 0 bridgehead atoms. The van der Waals surface area contributed by atoms with Gasteiger partial charge in [-0.1, -0.05) is 36.4 Å². The van der Waals surface area contributed by atoms with Gasteiger partial charge in [0.1, 0.15) is 5.82 Å². The second-order valence-electron chi connectivity index (χ2n) is 4.41. The van der Waals surface area contributed by atoms with Crippen LogP contribution in [0.5, 0.6) is 0 Å². The van der Waals surface area contributed by atoms with Crippen molar-refractivity contribution in [2.45, 2.75) is 20.4 Å². The van der Waals surface area contributed by atoms with Gasteiger partial charge >= 0.3 is 0 Å². The van der Waals surface area contributed by atoms with E-state index >= 15 is 0 Å². The van der Waals surface area contributed by atoms with Crippen molar-refractivity contribution in [3.05, 3.63) is 59.3 Å². The lowest BCUT2D eigenvalue weighted by Gasteiger charge is -2.19. The van der Waals surface area contributed by atoms with E-state index in [1.54, 1.807) is 0 Å². The van der Waals surface area contributed by atoms with E-state index in [0.717, 1.165) is 18.1 Å². The highest BCUT2D eigenvalue weighted by atomic mass is 15.2. The monoisotopic (exact) mass is 226 g/mol. The fraction of sp³-hybridized carbons (Fsp3) is 0.267. The lowest BCUT2D eigenvalue weighted by atomic mass is 10.2. The Kier molecular flexibility index (Phi) is 3.43. The van der Waals surface area contributed by atoms with Crippen LogP contribution in [0.1, 0.15) is 16.8 Å². The van der Waals surface area contributed by atoms with Crippen LogP contribution in [-0.4, -0.2) is 12.0 Å². The Hall–Kier alpha value is -1.83. The number of hydrogen-bond donors (Lipinski definition) is 0. The van der Waals surface area contributed by atoms with E-state index in [2.05, 4.69) is 67.2 Å². The summed E-state index contributed by atoms with van der Waals surface area (Å²) in [5, 5.41) is 0. The van der Waals surface area contributed by atoms with Crippen molar-refractivity contribution in [3.63, 3.8) is 0 Å². The number of anilines is 1. The predicted molar refractivity (Wildman–Crippen MR) is 72.3 cm³/mol. The molecule has 1 heterocycles. The summed E-state index contributed by atoms with van der Waals surface area (Å²) < 4.78 is 0. The van der Waals surface area contributed by atoms with Gasteiger partial charge in [0.25, 0.3) is 0 Å². The van der Waals surface area contributed by atoms with Gasteiger partial charge < -0.3 is 4.90 Å². The average molecular weight is 226 g/mol. The summed E-state index contributed by atoms with van der Waals surface area (Å²) in [6, 6.07) is 14.6. The lowest BCUT2D eigenvalue weighted by Crippen LogP contribution is -2.17. The first-order valence-electron chi connectivity index (χ1n) is 5.86.